The monoisotopic (exact) mass is 283 g/mol. The van der Waals surface area contributed by atoms with Gasteiger partial charge in [-0.1, -0.05) is 6.42 Å². The van der Waals surface area contributed by atoms with Gasteiger partial charge in [-0.15, -0.1) is 0 Å². The number of ether oxygens (including phenoxy) is 1. The molecule has 0 radical (unpaired) electrons. The van der Waals surface area contributed by atoms with E-state index in [2.05, 4.69) is 17.1 Å². The standard InChI is InChI=1S/C15H29N3O2/c1-12(11-18-5-7-20-8-6-18)17-15(19)10-13-3-2-4-14(16)9-13/h12-14H,2-11,16H2,1H3,(H,17,19). The first-order chi connectivity index (χ1) is 9.63. The second-order valence-electron chi connectivity index (χ2n) is 6.38. The molecule has 1 saturated heterocycles. The summed E-state index contributed by atoms with van der Waals surface area (Å²) >= 11 is 0. The molecule has 2 rings (SSSR count). The van der Waals surface area contributed by atoms with Crippen molar-refractivity contribution in [1.82, 2.24) is 10.2 Å². The largest absolute Gasteiger partial charge is 0.379 e. The number of nitrogens with two attached hydrogens (primary N) is 1. The minimum Gasteiger partial charge on any atom is -0.379 e. The Balaban J connectivity index is 1.65. The van der Waals surface area contributed by atoms with Gasteiger partial charge in [0, 0.05) is 38.1 Å². The average Bonchev–Trinajstić information content (AvgIpc) is 2.39. The lowest BCUT2D eigenvalue weighted by atomic mass is 9.84. The fourth-order valence-electron chi connectivity index (χ4n) is 3.33. The van der Waals surface area contributed by atoms with Gasteiger partial charge in [0.1, 0.15) is 0 Å². The molecule has 2 aliphatic rings. The van der Waals surface area contributed by atoms with Crippen LogP contribution in [0.3, 0.4) is 0 Å². The number of hydrogen-bond donors (Lipinski definition) is 2. The number of amides is 1. The zero-order valence-electron chi connectivity index (χ0n) is 12.6. The molecule has 3 N–H and O–H groups in total. The molecule has 1 aliphatic heterocycles. The van der Waals surface area contributed by atoms with E-state index in [4.69, 9.17) is 10.5 Å². The molecule has 3 atom stereocenters. The van der Waals surface area contributed by atoms with E-state index in [1.54, 1.807) is 0 Å². The van der Waals surface area contributed by atoms with Crippen LogP contribution in [0.1, 0.15) is 39.0 Å². The van der Waals surface area contributed by atoms with Crippen LogP contribution in [-0.4, -0.2) is 55.7 Å². The summed E-state index contributed by atoms with van der Waals surface area (Å²) in [6, 6.07) is 0.505. The number of hydrogen-bond acceptors (Lipinski definition) is 4. The second kappa shape index (κ2) is 7.96. The lowest BCUT2D eigenvalue weighted by Crippen LogP contribution is -2.46. The Hall–Kier alpha value is -0.650. The third-order valence-electron chi connectivity index (χ3n) is 4.34. The van der Waals surface area contributed by atoms with Gasteiger partial charge >= 0.3 is 0 Å². The van der Waals surface area contributed by atoms with Crippen LogP contribution < -0.4 is 11.1 Å². The van der Waals surface area contributed by atoms with E-state index in [0.29, 0.717) is 18.4 Å². The minimum atomic E-state index is 0.185. The van der Waals surface area contributed by atoms with Crippen LogP contribution in [0, 0.1) is 5.92 Å². The van der Waals surface area contributed by atoms with Gasteiger partial charge in [0.15, 0.2) is 0 Å². The molecule has 0 aromatic rings. The molecule has 1 amide bonds. The maximum Gasteiger partial charge on any atom is 0.220 e. The van der Waals surface area contributed by atoms with Crippen molar-refractivity contribution in [3.8, 4) is 0 Å². The van der Waals surface area contributed by atoms with Crippen LogP contribution in [0.4, 0.5) is 0 Å². The van der Waals surface area contributed by atoms with Crippen LogP contribution in [0.5, 0.6) is 0 Å². The first-order valence-corrected chi connectivity index (χ1v) is 7.98. The van der Waals surface area contributed by atoms with Crippen molar-refractivity contribution in [2.45, 2.75) is 51.1 Å². The first-order valence-electron chi connectivity index (χ1n) is 7.98. The number of morpholine rings is 1. The van der Waals surface area contributed by atoms with Gasteiger partial charge in [-0.3, -0.25) is 9.69 Å². The molecule has 0 spiro atoms. The normalized spacial score (nSPS) is 29.9. The molecule has 116 valence electrons. The fourth-order valence-corrected chi connectivity index (χ4v) is 3.33. The molecule has 3 unspecified atom stereocenters. The summed E-state index contributed by atoms with van der Waals surface area (Å²) in [4.78, 5) is 14.4. The summed E-state index contributed by atoms with van der Waals surface area (Å²) in [5, 5.41) is 3.13. The van der Waals surface area contributed by atoms with Crippen molar-refractivity contribution < 1.29 is 9.53 Å². The minimum absolute atomic E-state index is 0.185. The predicted octanol–water partition coefficient (Wildman–Crippen LogP) is 0.731. The second-order valence-corrected chi connectivity index (χ2v) is 6.38. The van der Waals surface area contributed by atoms with Gasteiger partial charge in [-0.05, 0) is 32.1 Å². The van der Waals surface area contributed by atoms with E-state index in [1.807, 2.05) is 0 Å². The van der Waals surface area contributed by atoms with Gasteiger partial charge in [-0.25, -0.2) is 0 Å². The van der Waals surface area contributed by atoms with E-state index in [1.165, 1.54) is 6.42 Å². The van der Waals surface area contributed by atoms with Crippen molar-refractivity contribution in [1.29, 1.82) is 0 Å². The van der Waals surface area contributed by atoms with Crippen LogP contribution in [0.25, 0.3) is 0 Å². The fraction of sp³-hybridized carbons (Fsp3) is 0.933. The summed E-state index contributed by atoms with van der Waals surface area (Å²) in [5.41, 5.74) is 5.98. The van der Waals surface area contributed by atoms with Crippen LogP contribution in [0.15, 0.2) is 0 Å². The Kier molecular flexibility index (Phi) is 6.26. The molecule has 5 heteroatoms. The van der Waals surface area contributed by atoms with Crippen LogP contribution in [-0.2, 0) is 9.53 Å². The highest BCUT2D eigenvalue weighted by Crippen LogP contribution is 2.25. The highest BCUT2D eigenvalue weighted by atomic mass is 16.5. The summed E-state index contributed by atoms with van der Waals surface area (Å²) < 4.78 is 5.33. The first kappa shape index (κ1) is 15.7. The third kappa shape index (κ3) is 5.38. The van der Waals surface area contributed by atoms with Gasteiger partial charge < -0.3 is 15.8 Å². The van der Waals surface area contributed by atoms with E-state index in [0.717, 1.165) is 52.1 Å². The molecule has 0 bridgehead atoms. The molecule has 20 heavy (non-hydrogen) atoms. The zero-order chi connectivity index (χ0) is 14.4. The van der Waals surface area contributed by atoms with E-state index in [9.17, 15) is 4.79 Å². The maximum absolute atomic E-state index is 12.1. The summed E-state index contributed by atoms with van der Waals surface area (Å²) in [6.07, 6.45) is 5.08. The Morgan fingerprint density at radius 2 is 2.15 bits per heavy atom. The number of rotatable bonds is 5. The lowest BCUT2D eigenvalue weighted by Gasteiger charge is -2.30. The topological polar surface area (TPSA) is 67.6 Å². The average molecular weight is 283 g/mol. The molecule has 1 saturated carbocycles. The predicted molar refractivity (Wildman–Crippen MR) is 79.4 cm³/mol. The molecule has 0 aromatic carbocycles. The Morgan fingerprint density at radius 1 is 1.40 bits per heavy atom. The Labute approximate surface area is 122 Å². The maximum atomic E-state index is 12.1. The van der Waals surface area contributed by atoms with E-state index < -0.39 is 0 Å². The summed E-state index contributed by atoms with van der Waals surface area (Å²) in [5.74, 6) is 0.666. The molecule has 0 aromatic heterocycles. The third-order valence-corrected chi connectivity index (χ3v) is 4.34. The van der Waals surface area contributed by atoms with Gasteiger partial charge in [0.2, 0.25) is 5.91 Å². The van der Waals surface area contributed by atoms with E-state index in [-0.39, 0.29) is 11.9 Å². The molecular weight excluding hydrogens is 254 g/mol. The van der Waals surface area contributed by atoms with Crippen LogP contribution >= 0.6 is 0 Å². The van der Waals surface area contributed by atoms with Crippen molar-refractivity contribution in [3.05, 3.63) is 0 Å². The number of carbonyl (C=O) groups is 1. The molecule has 1 aliphatic carbocycles. The molecule has 2 fully saturated rings. The van der Waals surface area contributed by atoms with Crippen LogP contribution in [0.2, 0.25) is 0 Å². The molecule has 5 nitrogen and oxygen atoms in total. The molecular formula is C15H29N3O2. The highest BCUT2D eigenvalue weighted by molar-refractivity contribution is 5.76. The van der Waals surface area contributed by atoms with Gasteiger partial charge in [-0.2, -0.15) is 0 Å². The quantitative estimate of drug-likeness (QED) is 0.780. The lowest BCUT2D eigenvalue weighted by molar-refractivity contribution is -0.123. The van der Waals surface area contributed by atoms with Crippen molar-refractivity contribution in [3.63, 3.8) is 0 Å². The zero-order valence-corrected chi connectivity index (χ0v) is 12.6. The SMILES string of the molecule is CC(CN1CCOCC1)NC(=O)CC1CCCC(N)C1. The molecule has 1 heterocycles. The summed E-state index contributed by atoms with van der Waals surface area (Å²) in [6.45, 7) is 6.55. The summed E-state index contributed by atoms with van der Waals surface area (Å²) in [7, 11) is 0. The Morgan fingerprint density at radius 3 is 2.85 bits per heavy atom. The smallest absolute Gasteiger partial charge is 0.220 e. The number of carbonyl (C=O) groups excluding carboxylic acids is 1. The van der Waals surface area contributed by atoms with Crippen molar-refractivity contribution >= 4 is 5.91 Å². The van der Waals surface area contributed by atoms with Gasteiger partial charge in [0.05, 0.1) is 13.2 Å². The number of nitrogens with zero attached hydrogens (tertiary/aromatic N) is 1. The van der Waals surface area contributed by atoms with E-state index >= 15 is 0 Å². The Bertz CT molecular complexity index is 305. The number of nitrogens with one attached hydrogen (secondary N) is 1. The highest BCUT2D eigenvalue weighted by Gasteiger charge is 2.22. The van der Waals surface area contributed by atoms with Crippen molar-refractivity contribution in [2.75, 3.05) is 32.8 Å². The van der Waals surface area contributed by atoms with Crippen molar-refractivity contribution in [2.24, 2.45) is 11.7 Å². The van der Waals surface area contributed by atoms with Gasteiger partial charge in [0.25, 0.3) is 0 Å².